The summed E-state index contributed by atoms with van der Waals surface area (Å²) in [4.78, 5) is 20.5. The van der Waals surface area contributed by atoms with E-state index in [2.05, 4.69) is 152 Å². The molecule has 10 rings (SSSR count). The van der Waals surface area contributed by atoms with Crippen molar-refractivity contribution in [2.24, 2.45) is 0 Å². The fourth-order valence-corrected chi connectivity index (χ4v) is 7.30. The Balaban J connectivity index is 1.06. The predicted molar refractivity (Wildman–Crippen MR) is 214 cm³/mol. The summed E-state index contributed by atoms with van der Waals surface area (Å²) in [5, 5.41) is 3.17. The maximum Gasteiger partial charge on any atom is 0.160 e. The molecule has 0 bridgehead atoms. The molecule has 1 aliphatic heterocycles. The highest BCUT2D eigenvalue weighted by Crippen LogP contribution is 2.41. The van der Waals surface area contributed by atoms with E-state index in [0.29, 0.717) is 5.82 Å². The number of pyridine rings is 1. The zero-order valence-corrected chi connectivity index (χ0v) is 28.1. The number of aromatic nitrogens is 4. The van der Waals surface area contributed by atoms with E-state index in [9.17, 15) is 0 Å². The van der Waals surface area contributed by atoms with Crippen molar-refractivity contribution in [1.29, 1.82) is 0 Å². The zero-order chi connectivity index (χ0) is 34.4. The first-order chi connectivity index (χ1) is 25.8. The smallest absolute Gasteiger partial charge is 0.160 e. The molecule has 0 spiro atoms. The monoisotopic (exact) mass is 662 g/mol. The van der Waals surface area contributed by atoms with E-state index in [0.717, 1.165) is 88.7 Å². The lowest BCUT2D eigenvalue weighted by Crippen LogP contribution is -1.95. The van der Waals surface area contributed by atoms with Gasteiger partial charge in [0.15, 0.2) is 5.82 Å². The summed E-state index contributed by atoms with van der Waals surface area (Å²) in [6.07, 6.45) is 0. The third-order valence-electron chi connectivity index (χ3n) is 9.84. The number of rotatable bonds is 5. The summed E-state index contributed by atoms with van der Waals surface area (Å²) in [6, 6.07) is 63.2. The van der Waals surface area contributed by atoms with Gasteiger partial charge in [0.2, 0.25) is 0 Å². The van der Waals surface area contributed by atoms with E-state index in [1.807, 2.05) is 30.3 Å². The van der Waals surface area contributed by atoms with Crippen molar-refractivity contribution in [2.75, 3.05) is 0 Å². The van der Waals surface area contributed by atoms with E-state index in [1.165, 1.54) is 5.56 Å². The Bertz CT molecular complexity index is 2900. The largest absolute Gasteiger partial charge is 0.247 e. The van der Waals surface area contributed by atoms with Crippen LogP contribution in [0.2, 0.25) is 0 Å². The van der Waals surface area contributed by atoms with E-state index in [-0.39, 0.29) is 0 Å². The zero-order valence-electron chi connectivity index (χ0n) is 28.1. The predicted octanol–water partition coefficient (Wildman–Crippen LogP) is 12.2. The van der Waals surface area contributed by atoms with Crippen molar-refractivity contribution in [2.45, 2.75) is 0 Å². The number of hydrogen-bond donors (Lipinski definition) is 0. The van der Waals surface area contributed by atoms with E-state index in [1.54, 1.807) is 0 Å². The number of hydrogen-bond acceptors (Lipinski definition) is 4. The van der Waals surface area contributed by atoms with Crippen LogP contribution >= 0.6 is 0 Å². The quantitative estimate of drug-likeness (QED) is 0.184. The summed E-state index contributed by atoms with van der Waals surface area (Å²) in [7, 11) is 0. The minimum Gasteiger partial charge on any atom is -0.247 e. The van der Waals surface area contributed by atoms with Gasteiger partial charge in [-0.05, 0) is 52.6 Å². The van der Waals surface area contributed by atoms with Gasteiger partial charge >= 0.3 is 0 Å². The van der Waals surface area contributed by atoms with Crippen molar-refractivity contribution in [1.82, 2.24) is 19.9 Å². The fourth-order valence-electron chi connectivity index (χ4n) is 7.30. The summed E-state index contributed by atoms with van der Waals surface area (Å²) in [5.41, 5.74) is 14.4. The second-order valence-electron chi connectivity index (χ2n) is 13.0. The number of nitrogens with zero attached hydrogens (tertiary/aromatic N) is 4. The van der Waals surface area contributed by atoms with Gasteiger partial charge in [-0.15, -0.1) is 0 Å². The van der Waals surface area contributed by atoms with Crippen LogP contribution in [0.15, 0.2) is 182 Å². The Hall–Kier alpha value is -7.04. The van der Waals surface area contributed by atoms with Crippen LogP contribution in [0, 0.1) is 0 Å². The molecule has 4 nitrogen and oxygen atoms in total. The first-order valence-corrected chi connectivity index (χ1v) is 17.5. The van der Waals surface area contributed by atoms with Crippen molar-refractivity contribution in [3.63, 3.8) is 0 Å². The molecule has 6 aromatic carbocycles. The third kappa shape index (κ3) is 5.17. The lowest BCUT2D eigenvalue weighted by atomic mass is 9.97. The van der Waals surface area contributed by atoms with Crippen LogP contribution in [0.5, 0.6) is 0 Å². The van der Waals surface area contributed by atoms with Crippen molar-refractivity contribution in [3.8, 4) is 67.4 Å². The van der Waals surface area contributed by atoms with Gasteiger partial charge in [0.05, 0.1) is 33.6 Å². The average Bonchev–Trinajstić information content (AvgIpc) is 3.42. The molecule has 0 saturated carbocycles. The SMILES string of the molecule is c1ccc(-c2cccc(-c3nc(-c4cccc(-c5ccc(-c6nc7ccccc7c7nc8cccccc-8c67)cc5)c4)c4ccccc4n3)c2)cc1. The lowest BCUT2D eigenvalue weighted by Gasteiger charge is -2.12. The second kappa shape index (κ2) is 12.4. The van der Waals surface area contributed by atoms with Gasteiger partial charge in [0.1, 0.15) is 0 Å². The average molecular weight is 663 g/mol. The highest BCUT2D eigenvalue weighted by molar-refractivity contribution is 6.16. The Kier molecular flexibility index (Phi) is 7.10. The van der Waals surface area contributed by atoms with Crippen LogP contribution in [0.3, 0.4) is 0 Å². The van der Waals surface area contributed by atoms with E-state index < -0.39 is 0 Å². The molecular formula is C48H30N4. The van der Waals surface area contributed by atoms with E-state index in [4.69, 9.17) is 19.9 Å². The fraction of sp³-hybridized carbons (Fsp3) is 0. The summed E-state index contributed by atoms with van der Waals surface area (Å²) in [5.74, 6) is 0.707. The number of benzene rings is 6. The minimum atomic E-state index is 0.707. The van der Waals surface area contributed by atoms with Crippen LogP contribution in [-0.4, -0.2) is 19.9 Å². The Morgan fingerprint density at radius 3 is 1.65 bits per heavy atom. The molecule has 1 aliphatic carbocycles. The van der Waals surface area contributed by atoms with E-state index >= 15 is 0 Å². The normalized spacial score (nSPS) is 11.5. The van der Waals surface area contributed by atoms with Gasteiger partial charge in [0.25, 0.3) is 0 Å². The van der Waals surface area contributed by atoms with Crippen LogP contribution in [0.1, 0.15) is 0 Å². The third-order valence-corrected chi connectivity index (χ3v) is 9.84. The second-order valence-corrected chi connectivity index (χ2v) is 13.0. The van der Waals surface area contributed by atoms with Crippen LogP contribution in [0.4, 0.5) is 0 Å². The molecule has 8 aromatic rings. The molecule has 4 heteroatoms. The van der Waals surface area contributed by atoms with Crippen molar-refractivity contribution in [3.05, 3.63) is 182 Å². The topological polar surface area (TPSA) is 51.6 Å². The van der Waals surface area contributed by atoms with Crippen LogP contribution < -0.4 is 0 Å². The Labute approximate surface area is 301 Å². The highest BCUT2D eigenvalue weighted by atomic mass is 14.9. The molecular weight excluding hydrogens is 633 g/mol. The molecule has 0 fully saturated rings. The van der Waals surface area contributed by atoms with Gasteiger partial charge in [-0.3, -0.25) is 0 Å². The first-order valence-electron chi connectivity index (χ1n) is 17.5. The van der Waals surface area contributed by atoms with Crippen LogP contribution in [0.25, 0.3) is 100 Å². The molecule has 3 heterocycles. The molecule has 0 N–H and O–H groups in total. The molecule has 0 radical (unpaired) electrons. The lowest BCUT2D eigenvalue weighted by molar-refractivity contribution is 1.23. The first kappa shape index (κ1) is 29.8. The summed E-state index contributed by atoms with van der Waals surface area (Å²) in [6.45, 7) is 0. The van der Waals surface area contributed by atoms with Gasteiger partial charge in [-0.1, -0.05) is 152 Å². The molecule has 2 aliphatic rings. The molecule has 2 aromatic heterocycles. The van der Waals surface area contributed by atoms with Crippen molar-refractivity contribution >= 4 is 32.7 Å². The molecule has 242 valence electrons. The highest BCUT2D eigenvalue weighted by Gasteiger charge is 2.20. The van der Waals surface area contributed by atoms with Gasteiger partial charge in [-0.2, -0.15) is 0 Å². The summed E-state index contributed by atoms with van der Waals surface area (Å²) < 4.78 is 0. The molecule has 0 atom stereocenters. The number of fused-ring (bicyclic) bond motifs is 6. The Morgan fingerprint density at radius 2 is 0.865 bits per heavy atom. The molecule has 0 amide bonds. The molecule has 52 heavy (non-hydrogen) atoms. The van der Waals surface area contributed by atoms with Crippen LogP contribution in [-0.2, 0) is 0 Å². The maximum absolute atomic E-state index is 5.22. The molecule has 0 unspecified atom stereocenters. The Morgan fingerprint density at radius 1 is 0.308 bits per heavy atom. The maximum atomic E-state index is 5.22. The van der Waals surface area contributed by atoms with Gasteiger partial charge in [-0.25, -0.2) is 19.9 Å². The minimum absolute atomic E-state index is 0.707. The summed E-state index contributed by atoms with van der Waals surface area (Å²) >= 11 is 0. The standard InChI is InChI=1S/C48H30N4/c1-3-13-31(14-4-1)35-16-12-18-37(30-35)48-51-43-24-10-7-20-39(43)45(52-48)36-17-11-15-34(29-36)32-25-27-33(28-26-32)46-44-38-19-5-2-6-22-41(38)50-47(44)40-21-8-9-23-42(40)49-46/h1-30H. The van der Waals surface area contributed by atoms with Crippen molar-refractivity contribution < 1.29 is 0 Å². The number of para-hydroxylation sites is 2. The molecule has 0 saturated heterocycles. The van der Waals surface area contributed by atoms with Gasteiger partial charge < -0.3 is 0 Å². The van der Waals surface area contributed by atoms with Gasteiger partial charge in [0, 0.05) is 38.4 Å².